The van der Waals surface area contributed by atoms with Crippen LogP contribution in [0.1, 0.15) is 89.5 Å². The molecule has 0 saturated heterocycles. The van der Waals surface area contributed by atoms with E-state index in [0.29, 0.717) is 17.7 Å². The molecule has 172 valence electrons. The van der Waals surface area contributed by atoms with Gasteiger partial charge in [-0.05, 0) is 36.6 Å². The fourth-order valence-electron chi connectivity index (χ4n) is 3.89. The minimum atomic E-state index is -4.63. The molecular weight excluding hydrogens is 447 g/mol. The van der Waals surface area contributed by atoms with Crippen molar-refractivity contribution < 1.29 is 69.1 Å². The third kappa shape index (κ3) is 11.8. The molecule has 0 bridgehead atoms. The van der Waals surface area contributed by atoms with Gasteiger partial charge in [-0.25, -0.2) is 8.42 Å². The molecule has 2 aromatic carbocycles. The maximum atomic E-state index is 11.9. The Morgan fingerprint density at radius 2 is 1.25 bits per heavy atom. The van der Waals surface area contributed by atoms with Crippen molar-refractivity contribution in [1.29, 1.82) is 0 Å². The summed E-state index contributed by atoms with van der Waals surface area (Å²) < 4.78 is 41.6. The maximum Gasteiger partial charge on any atom is 1.00 e. The summed E-state index contributed by atoms with van der Waals surface area (Å²) in [4.78, 5) is -0.220. The second-order valence-corrected chi connectivity index (χ2v) is 9.57. The van der Waals surface area contributed by atoms with E-state index in [1.165, 1.54) is 57.8 Å². The van der Waals surface area contributed by atoms with Gasteiger partial charge in [-0.15, -0.1) is 0 Å². The third-order valence-corrected chi connectivity index (χ3v) is 6.54. The SMILES string of the molecule is CCCCCCCCCCCCCCc1cccc(Oc2ccccc2)c1S(=O)(=O)[O-].[K+]. The van der Waals surface area contributed by atoms with Crippen molar-refractivity contribution in [2.45, 2.75) is 95.3 Å². The van der Waals surface area contributed by atoms with Crippen molar-refractivity contribution in [1.82, 2.24) is 0 Å². The molecule has 0 spiro atoms. The first kappa shape index (κ1) is 29.8. The zero-order chi connectivity index (χ0) is 22.4. The fraction of sp³-hybridized carbons (Fsp3) is 0.538. The molecule has 0 aliphatic rings. The number of hydrogen-bond acceptors (Lipinski definition) is 4. The van der Waals surface area contributed by atoms with Gasteiger partial charge in [0.05, 0.1) is 0 Å². The molecule has 0 N–H and O–H groups in total. The molecule has 0 aromatic heterocycles. The number of unbranched alkanes of at least 4 members (excludes halogenated alkanes) is 11. The zero-order valence-electron chi connectivity index (χ0n) is 19.9. The normalized spacial score (nSPS) is 11.2. The van der Waals surface area contributed by atoms with E-state index in [0.717, 1.165) is 19.3 Å². The van der Waals surface area contributed by atoms with Gasteiger partial charge in [0, 0.05) is 0 Å². The topological polar surface area (TPSA) is 66.4 Å². The minimum Gasteiger partial charge on any atom is -0.744 e. The van der Waals surface area contributed by atoms with E-state index in [1.54, 1.807) is 42.5 Å². The standard InChI is InChI=1S/C26H38O4S.K/c1-2-3-4-5-6-7-8-9-10-11-12-14-18-23-19-17-22-25(26(23)31(27,28)29)30-24-20-15-13-16-21-24;/h13,15-17,19-22H,2-12,14,18H2,1H3,(H,27,28,29);/q;+1/p-1. The second kappa shape index (κ2) is 17.3. The van der Waals surface area contributed by atoms with Gasteiger partial charge >= 0.3 is 51.4 Å². The number of aryl methyl sites for hydroxylation is 1. The summed E-state index contributed by atoms with van der Waals surface area (Å²) in [7, 11) is -4.63. The van der Waals surface area contributed by atoms with Gasteiger partial charge in [-0.3, -0.25) is 0 Å². The van der Waals surface area contributed by atoms with Crippen molar-refractivity contribution in [2.24, 2.45) is 0 Å². The molecule has 0 aliphatic carbocycles. The average Bonchev–Trinajstić information content (AvgIpc) is 2.74. The van der Waals surface area contributed by atoms with Crippen LogP contribution in [-0.4, -0.2) is 13.0 Å². The van der Waals surface area contributed by atoms with E-state index in [1.807, 2.05) is 6.07 Å². The molecule has 0 saturated carbocycles. The summed E-state index contributed by atoms with van der Waals surface area (Å²) in [6.45, 7) is 2.25. The van der Waals surface area contributed by atoms with Gasteiger partial charge in [0.25, 0.3) is 0 Å². The van der Waals surface area contributed by atoms with Crippen LogP contribution in [0.5, 0.6) is 11.5 Å². The summed E-state index contributed by atoms with van der Waals surface area (Å²) in [5, 5.41) is 0. The van der Waals surface area contributed by atoms with Crippen LogP contribution in [0.2, 0.25) is 0 Å². The molecule has 2 aromatic rings. The van der Waals surface area contributed by atoms with E-state index >= 15 is 0 Å². The van der Waals surface area contributed by atoms with Gasteiger partial charge in [0.1, 0.15) is 26.5 Å². The van der Waals surface area contributed by atoms with E-state index in [4.69, 9.17) is 4.74 Å². The summed E-state index contributed by atoms with van der Waals surface area (Å²) in [6, 6.07) is 13.9. The molecular formula is C26H37KO4S. The van der Waals surface area contributed by atoms with E-state index in [2.05, 4.69) is 6.92 Å². The molecule has 0 amide bonds. The smallest absolute Gasteiger partial charge is 0.744 e. The summed E-state index contributed by atoms with van der Waals surface area (Å²) in [6.07, 6.45) is 15.5. The Morgan fingerprint density at radius 3 is 1.78 bits per heavy atom. The Kier molecular flexibility index (Phi) is 16.1. The van der Waals surface area contributed by atoms with E-state index in [-0.39, 0.29) is 62.0 Å². The first-order valence-corrected chi connectivity index (χ1v) is 13.2. The van der Waals surface area contributed by atoms with Crippen molar-refractivity contribution in [2.75, 3.05) is 0 Å². The largest absolute Gasteiger partial charge is 1.00 e. The van der Waals surface area contributed by atoms with Crippen molar-refractivity contribution in [3.05, 3.63) is 54.1 Å². The van der Waals surface area contributed by atoms with Crippen molar-refractivity contribution in [3.63, 3.8) is 0 Å². The van der Waals surface area contributed by atoms with Crippen LogP contribution in [0.4, 0.5) is 0 Å². The molecule has 4 nitrogen and oxygen atoms in total. The quantitative estimate of drug-likeness (QED) is 0.198. The van der Waals surface area contributed by atoms with Gasteiger partial charge in [-0.1, -0.05) is 108 Å². The van der Waals surface area contributed by atoms with Crippen LogP contribution < -0.4 is 56.1 Å². The molecule has 0 atom stereocenters. The molecule has 0 radical (unpaired) electrons. The Balaban J connectivity index is 0.00000512. The van der Waals surface area contributed by atoms with Gasteiger partial charge < -0.3 is 9.29 Å². The first-order valence-electron chi connectivity index (χ1n) is 11.8. The maximum absolute atomic E-state index is 11.9. The molecule has 32 heavy (non-hydrogen) atoms. The fourth-order valence-corrected chi connectivity index (χ4v) is 4.74. The number of rotatable bonds is 16. The minimum absolute atomic E-state index is 0. The van der Waals surface area contributed by atoms with Crippen molar-refractivity contribution >= 4 is 10.1 Å². The zero-order valence-corrected chi connectivity index (χ0v) is 23.8. The van der Waals surface area contributed by atoms with Gasteiger partial charge in [0.15, 0.2) is 0 Å². The second-order valence-electron chi connectivity index (χ2n) is 8.25. The molecule has 0 fully saturated rings. The molecule has 2 rings (SSSR count). The monoisotopic (exact) mass is 484 g/mol. The Bertz CT molecular complexity index is 853. The summed E-state index contributed by atoms with van der Waals surface area (Å²) >= 11 is 0. The number of benzene rings is 2. The van der Waals surface area contributed by atoms with Crippen LogP contribution in [0.3, 0.4) is 0 Å². The van der Waals surface area contributed by atoms with Crippen molar-refractivity contribution in [3.8, 4) is 11.5 Å². The predicted octanol–water partition coefficient (Wildman–Crippen LogP) is 4.63. The summed E-state index contributed by atoms with van der Waals surface area (Å²) in [5.41, 5.74) is 0.551. The number of para-hydroxylation sites is 1. The van der Waals surface area contributed by atoms with E-state index in [9.17, 15) is 13.0 Å². The van der Waals surface area contributed by atoms with Crippen LogP contribution in [0.15, 0.2) is 53.4 Å². The van der Waals surface area contributed by atoms with Gasteiger partial charge in [-0.2, -0.15) is 0 Å². The Morgan fingerprint density at radius 1 is 0.719 bits per heavy atom. The Labute approximate surface area is 237 Å². The Hall–Kier alpha value is -0.214. The predicted molar refractivity (Wildman–Crippen MR) is 126 cm³/mol. The van der Waals surface area contributed by atoms with Crippen LogP contribution in [-0.2, 0) is 16.5 Å². The molecule has 0 unspecified atom stereocenters. The third-order valence-electron chi connectivity index (χ3n) is 5.58. The summed E-state index contributed by atoms with van der Waals surface area (Å²) in [5.74, 6) is 0.618. The number of hydrogen-bond donors (Lipinski definition) is 0. The number of ether oxygens (including phenoxy) is 1. The molecule has 6 heteroatoms. The molecule has 0 aliphatic heterocycles. The van der Waals surface area contributed by atoms with Crippen LogP contribution in [0.25, 0.3) is 0 Å². The molecule has 0 heterocycles. The van der Waals surface area contributed by atoms with Gasteiger partial charge in [0.2, 0.25) is 0 Å². The van der Waals surface area contributed by atoms with Crippen LogP contribution >= 0.6 is 0 Å². The first-order chi connectivity index (χ1) is 15.0. The van der Waals surface area contributed by atoms with Crippen LogP contribution in [0, 0.1) is 0 Å². The average molecular weight is 485 g/mol. The van der Waals surface area contributed by atoms with E-state index < -0.39 is 10.1 Å².